The summed E-state index contributed by atoms with van der Waals surface area (Å²) in [6, 6.07) is 41.5. The van der Waals surface area contributed by atoms with Gasteiger partial charge in [-0.25, -0.2) is 0 Å². The summed E-state index contributed by atoms with van der Waals surface area (Å²) in [6.07, 6.45) is 10.2. The predicted molar refractivity (Wildman–Crippen MR) is 196 cm³/mol. The van der Waals surface area contributed by atoms with Crippen molar-refractivity contribution in [3.63, 3.8) is 0 Å². The van der Waals surface area contributed by atoms with Gasteiger partial charge in [0.15, 0.2) is 0 Å². The molecule has 238 valence electrons. The number of benzene rings is 4. The Morgan fingerprint density at radius 1 is 0.522 bits per heavy atom. The molecule has 4 N–H and O–H groups in total. The Morgan fingerprint density at radius 3 is 1.87 bits per heavy atom. The average Bonchev–Trinajstić information content (AvgIpc) is 3.68. The molecule has 2 aromatic heterocycles. The monoisotopic (exact) mass is 610 g/mol. The number of fused-ring (bicyclic) bond motifs is 2. The second kappa shape index (κ2) is 17.0. The quantitative estimate of drug-likeness (QED) is 0.0693. The van der Waals surface area contributed by atoms with E-state index in [2.05, 4.69) is 136 Å². The zero-order valence-corrected chi connectivity index (χ0v) is 27.2. The lowest BCUT2D eigenvalue weighted by atomic mass is 9.91. The first-order valence-corrected chi connectivity index (χ1v) is 17.5. The summed E-state index contributed by atoms with van der Waals surface area (Å²) in [7, 11) is 0. The van der Waals surface area contributed by atoms with Crippen LogP contribution in [0.2, 0.25) is 0 Å². The SMILES string of the molecule is c1ccc(CCCNCCc2c(CC(CCNCCCc3ccccc3)CCc3cc4ccccc4[nH]3)[nH]c3ccccc23)cc1. The number of aromatic amines is 2. The fourth-order valence-electron chi connectivity index (χ4n) is 6.87. The van der Waals surface area contributed by atoms with Crippen molar-refractivity contribution >= 4 is 21.8 Å². The number of rotatable bonds is 19. The normalized spacial score (nSPS) is 12.3. The van der Waals surface area contributed by atoms with E-state index in [-0.39, 0.29) is 0 Å². The van der Waals surface area contributed by atoms with Crippen LogP contribution in [0.5, 0.6) is 0 Å². The number of para-hydroxylation sites is 2. The molecular weight excluding hydrogens is 560 g/mol. The van der Waals surface area contributed by atoms with Crippen molar-refractivity contribution in [1.82, 2.24) is 20.6 Å². The Hall–Kier alpha value is -4.12. The van der Waals surface area contributed by atoms with Crippen LogP contribution in [0.4, 0.5) is 0 Å². The Morgan fingerprint density at radius 2 is 1.15 bits per heavy atom. The van der Waals surface area contributed by atoms with E-state index >= 15 is 0 Å². The summed E-state index contributed by atoms with van der Waals surface area (Å²) in [5.41, 5.74) is 9.63. The molecule has 0 saturated carbocycles. The van der Waals surface area contributed by atoms with Gasteiger partial charge in [0.1, 0.15) is 0 Å². The number of aryl methyl sites for hydroxylation is 3. The van der Waals surface area contributed by atoms with Crippen molar-refractivity contribution in [2.75, 3.05) is 26.2 Å². The van der Waals surface area contributed by atoms with E-state index in [0.717, 1.165) is 58.3 Å². The molecule has 0 spiro atoms. The highest BCUT2D eigenvalue weighted by molar-refractivity contribution is 5.84. The topological polar surface area (TPSA) is 55.6 Å². The number of hydrogen-bond acceptors (Lipinski definition) is 2. The van der Waals surface area contributed by atoms with Crippen molar-refractivity contribution in [3.05, 3.63) is 143 Å². The standard InChI is InChI=1S/C42H50N4/c1-3-13-33(14-4-1)17-11-27-43-29-25-35(23-24-37-32-36-19-7-9-21-40(36)45-37)31-42-39(38-20-8-10-22-41(38)46-42)26-30-44-28-12-18-34-15-5-2-6-16-34/h1-10,13-16,19-22,32,35,43-46H,11-12,17-18,23-31H2. The summed E-state index contributed by atoms with van der Waals surface area (Å²) in [5, 5.41) is 10.2. The molecule has 1 unspecified atom stereocenters. The smallest absolute Gasteiger partial charge is 0.0458 e. The number of aromatic nitrogens is 2. The zero-order chi connectivity index (χ0) is 31.2. The fraction of sp³-hybridized carbons (Fsp3) is 0.333. The van der Waals surface area contributed by atoms with Crippen molar-refractivity contribution in [3.8, 4) is 0 Å². The van der Waals surface area contributed by atoms with Crippen LogP contribution in [0.15, 0.2) is 115 Å². The van der Waals surface area contributed by atoms with Gasteiger partial charge < -0.3 is 20.6 Å². The molecule has 4 aromatic carbocycles. The lowest BCUT2D eigenvalue weighted by molar-refractivity contribution is 0.426. The van der Waals surface area contributed by atoms with Gasteiger partial charge in [-0.3, -0.25) is 0 Å². The lowest BCUT2D eigenvalue weighted by Gasteiger charge is -2.18. The minimum absolute atomic E-state index is 0.596. The Labute approximate surface area is 275 Å². The van der Waals surface area contributed by atoms with E-state index < -0.39 is 0 Å². The summed E-state index contributed by atoms with van der Waals surface area (Å²) < 4.78 is 0. The van der Waals surface area contributed by atoms with Crippen LogP contribution in [0.25, 0.3) is 21.8 Å². The van der Waals surface area contributed by atoms with E-state index in [0.29, 0.717) is 5.92 Å². The molecule has 4 heteroatoms. The zero-order valence-electron chi connectivity index (χ0n) is 27.2. The first-order chi connectivity index (χ1) is 22.8. The van der Waals surface area contributed by atoms with Crippen LogP contribution in [-0.2, 0) is 32.1 Å². The minimum atomic E-state index is 0.596. The summed E-state index contributed by atoms with van der Waals surface area (Å²) in [6.45, 7) is 4.18. The van der Waals surface area contributed by atoms with Gasteiger partial charge in [-0.1, -0.05) is 97.1 Å². The van der Waals surface area contributed by atoms with Crippen molar-refractivity contribution < 1.29 is 0 Å². The predicted octanol–water partition coefficient (Wildman–Crippen LogP) is 8.82. The molecule has 0 aliphatic carbocycles. The first kappa shape index (κ1) is 31.8. The highest BCUT2D eigenvalue weighted by atomic mass is 14.9. The van der Waals surface area contributed by atoms with Gasteiger partial charge in [-0.15, -0.1) is 0 Å². The van der Waals surface area contributed by atoms with Gasteiger partial charge in [0.2, 0.25) is 0 Å². The maximum Gasteiger partial charge on any atom is 0.0458 e. The fourth-order valence-corrected chi connectivity index (χ4v) is 6.87. The minimum Gasteiger partial charge on any atom is -0.358 e. The molecule has 4 nitrogen and oxygen atoms in total. The van der Waals surface area contributed by atoms with Gasteiger partial charge >= 0.3 is 0 Å². The second-order valence-corrected chi connectivity index (χ2v) is 12.8. The maximum absolute atomic E-state index is 3.86. The third-order valence-electron chi connectivity index (χ3n) is 9.41. The molecule has 1 atom stereocenters. The van der Waals surface area contributed by atoms with Crippen LogP contribution >= 0.6 is 0 Å². The molecule has 0 amide bonds. The molecule has 0 aliphatic heterocycles. The van der Waals surface area contributed by atoms with Crippen molar-refractivity contribution in [2.45, 2.75) is 57.8 Å². The van der Waals surface area contributed by atoms with E-state index in [9.17, 15) is 0 Å². The summed E-state index contributed by atoms with van der Waals surface area (Å²) in [4.78, 5) is 7.53. The highest BCUT2D eigenvalue weighted by Gasteiger charge is 2.17. The summed E-state index contributed by atoms with van der Waals surface area (Å²) >= 11 is 0. The molecule has 0 aliphatic rings. The Bertz CT molecular complexity index is 1700. The van der Waals surface area contributed by atoms with Gasteiger partial charge in [0, 0.05) is 27.8 Å². The van der Waals surface area contributed by atoms with Crippen molar-refractivity contribution in [2.24, 2.45) is 5.92 Å². The van der Waals surface area contributed by atoms with E-state index in [4.69, 9.17) is 0 Å². The molecule has 0 saturated heterocycles. The van der Waals surface area contributed by atoms with E-state index in [1.54, 1.807) is 0 Å². The third-order valence-corrected chi connectivity index (χ3v) is 9.41. The van der Waals surface area contributed by atoms with E-state index in [1.807, 2.05) is 0 Å². The van der Waals surface area contributed by atoms with Crippen LogP contribution < -0.4 is 10.6 Å². The Balaban J connectivity index is 1.07. The highest BCUT2D eigenvalue weighted by Crippen LogP contribution is 2.28. The van der Waals surface area contributed by atoms with Crippen LogP contribution in [-0.4, -0.2) is 36.1 Å². The molecular formula is C42H50N4. The number of nitrogens with one attached hydrogen (secondary N) is 4. The number of H-pyrrole nitrogens is 2. The lowest BCUT2D eigenvalue weighted by Crippen LogP contribution is -2.22. The molecule has 2 heterocycles. The molecule has 0 radical (unpaired) electrons. The van der Waals surface area contributed by atoms with Crippen LogP contribution in [0, 0.1) is 5.92 Å². The maximum atomic E-state index is 3.86. The van der Waals surface area contributed by atoms with Crippen LogP contribution in [0.1, 0.15) is 53.8 Å². The van der Waals surface area contributed by atoms with Gasteiger partial charge in [-0.05, 0) is 130 Å². The molecule has 6 aromatic rings. The van der Waals surface area contributed by atoms with Gasteiger partial charge in [0.05, 0.1) is 0 Å². The molecule has 46 heavy (non-hydrogen) atoms. The Kier molecular flexibility index (Phi) is 11.8. The molecule has 6 rings (SSSR count). The van der Waals surface area contributed by atoms with Crippen LogP contribution in [0.3, 0.4) is 0 Å². The van der Waals surface area contributed by atoms with Gasteiger partial charge in [0.25, 0.3) is 0 Å². The van der Waals surface area contributed by atoms with Gasteiger partial charge in [-0.2, -0.15) is 0 Å². The molecule has 0 fully saturated rings. The number of hydrogen-bond donors (Lipinski definition) is 4. The first-order valence-electron chi connectivity index (χ1n) is 17.5. The third kappa shape index (κ3) is 9.22. The van der Waals surface area contributed by atoms with Crippen molar-refractivity contribution in [1.29, 1.82) is 0 Å². The average molecular weight is 611 g/mol. The van der Waals surface area contributed by atoms with E-state index in [1.165, 1.54) is 75.6 Å². The largest absolute Gasteiger partial charge is 0.358 e. The second-order valence-electron chi connectivity index (χ2n) is 12.8. The molecule has 0 bridgehead atoms. The summed E-state index contributed by atoms with van der Waals surface area (Å²) in [5.74, 6) is 0.596.